The zero-order valence-corrected chi connectivity index (χ0v) is 22.5. The molecule has 4 nitrogen and oxygen atoms in total. The molecule has 2 heterocycles. The highest BCUT2D eigenvalue weighted by Crippen LogP contribution is 2.67. The Morgan fingerprint density at radius 1 is 0.919 bits per heavy atom. The van der Waals surface area contributed by atoms with Gasteiger partial charge in [0.25, 0.3) is 0 Å². The third-order valence-electron chi connectivity index (χ3n) is 11.8. The Hall–Kier alpha value is -2.36. The molecule has 2 saturated carbocycles. The first-order valence-corrected chi connectivity index (χ1v) is 15.1. The van der Waals surface area contributed by atoms with Crippen molar-refractivity contribution in [3.63, 3.8) is 0 Å². The topological polar surface area (TPSA) is 40.6 Å². The van der Waals surface area contributed by atoms with Crippen LogP contribution in [0, 0.1) is 17.3 Å². The van der Waals surface area contributed by atoms with Crippen LogP contribution in [0.1, 0.15) is 95.5 Å². The van der Waals surface area contributed by atoms with Crippen LogP contribution < -0.4 is 4.90 Å². The first-order valence-electron chi connectivity index (χ1n) is 15.1. The van der Waals surface area contributed by atoms with Crippen LogP contribution in [-0.4, -0.2) is 42.3 Å². The minimum absolute atomic E-state index is 0.0813. The van der Waals surface area contributed by atoms with Crippen molar-refractivity contribution in [1.82, 2.24) is 4.90 Å². The highest BCUT2D eigenvalue weighted by atomic mass is 16.1. The molecule has 1 amide bonds. The molecule has 4 heteroatoms. The van der Waals surface area contributed by atoms with Gasteiger partial charge in [-0.2, -0.15) is 0 Å². The summed E-state index contributed by atoms with van der Waals surface area (Å²) in [4.78, 5) is 29.7. The van der Waals surface area contributed by atoms with E-state index in [-0.39, 0.29) is 16.9 Å². The van der Waals surface area contributed by atoms with Crippen LogP contribution in [-0.2, 0) is 9.59 Å². The molecular weight excluding hydrogens is 456 g/mol. The number of likely N-dealkylation sites (tertiary alicyclic amines) is 1. The lowest BCUT2D eigenvalue weighted by Crippen LogP contribution is -2.56. The molecule has 6 aliphatic rings. The van der Waals surface area contributed by atoms with E-state index >= 15 is 0 Å². The monoisotopic (exact) mass is 498 g/mol. The fourth-order valence-electron chi connectivity index (χ4n) is 10.0. The van der Waals surface area contributed by atoms with Crippen LogP contribution in [0.4, 0.5) is 5.69 Å². The molecule has 1 spiro atoms. The summed E-state index contributed by atoms with van der Waals surface area (Å²) in [7, 11) is 0. The van der Waals surface area contributed by atoms with Gasteiger partial charge in [0.05, 0.1) is 0 Å². The normalized spacial score (nSPS) is 37.4. The first-order chi connectivity index (χ1) is 18.0. The number of nitrogens with zero attached hydrogens (tertiary/aromatic N) is 2. The minimum Gasteiger partial charge on any atom is -0.372 e. The van der Waals surface area contributed by atoms with E-state index in [9.17, 15) is 9.59 Å². The van der Waals surface area contributed by atoms with E-state index in [1.165, 1.54) is 73.8 Å². The SMILES string of the molecule is C[C@]12CCC3=C4C(=CC(=O)CC4c4ccc(N5CCCCC5)cc4)CC[C@H]3[C@@H]1CCC21CCCN1C=O. The van der Waals surface area contributed by atoms with Crippen LogP contribution in [0.5, 0.6) is 0 Å². The number of hydrogen-bond donors (Lipinski definition) is 0. The largest absolute Gasteiger partial charge is 0.372 e. The molecule has 4 fully saturated rings. The lowest BCUT2D eigenvalue weighted by Gasteiger charge is -2.55. The van der Waals surface area contributed by atoms with E-state index in [2.05, 4.69) is 41.0 Å². The van der Waals surface area contributed by atoms with Gasteiger partial charge in [-0.1, -0.05) is 24.6 Å². The highest BCUT2D eigenvalue weighted by molar-refractivity contribution is 5.94. The molecule has 4 aliphatic carbocycles. The number of amides is 1. The maximum Gasteiger partial charge on any atom is 0.210 e. The number of rotatable bonds is 3. The molecule has 1 aromatic carbocycles. The van der Waals surface area contributed by atoms with Crippen LogP contribution in [0.3, 0.4) is 0 Å². The molecule has 5 atom stereocenters. The van der Waals surface area contributed by atoms with Crippen molar-refractivity contribution >= 4 is 17.9 Å². The second-order valence-corrected chi connectivity index (χ2v) is 13.1. The van der Waals surface area contributed by atoms with Crippen molar-refractivity contribution in [2.45, 2.75) is 95.4 Å². The molecule has 196 valence electrons. The van der Waals surface area contributed by atoms with Gasteiger partial charge in [0.2, 0.25) is 6.41 Å². The average molecular weight is 499 g/mol. The van der Waals surface area contributed by atoms with Gasteiger partial charge in [0.1, 0.15) is 0 Å². The van der Waals surface area contributed by atoms with Crippen LogP contribution in [0.2, 0.25) is 0 Å². The van der Waals surface area contributed by atoms with Crippen molar-refractivity contribution in [3.8, 4) is 0 Å². The molecular formula is C33H42N2O2. The lowest BCUT2D eigenvalue weighted by molar-refractivity contribution is -0.127. The quantitative estimate of drug-likeness (QED) is 0.443. The zero-order valence-electron chi connectivity index (χ0n) is 22.5. The van der Waals surface area contributed by atoms with E-state index in [0.717, 1.165) is 45.3 Å². The second kappa shape index (κ2) is 8.85. The third-order valence-corrected chi connectivity index (χ3v) is 11.8. The number of ketones is 1. The Kier molecular flexibility index (Phi) is 5.68. The van der Waals surface area contributed by atoms with Gasteiger partial charge in [-0.05, 0) is 123 Å². The Bertz CT molecular complexity index is 1160. The highest BCUT2D eigenvalue weighted by Gasteiger charge is 2.64. The summed E-state index contributed by atoms with van der Waals surface area (Å²) < 4.78 is 0. The summed E-state index contributed by atoms with van der Waals surface area (Å²) in [6.45, 7) is 5.79. The van der Waals surface area contributed by atoms with Crippen molar-refractivity contribution < 1.29 is 9.59 Å². The molecule has 0 radical (unpaired) electrons. The molecule has 0 N–H and O–H groups in total. The lowest BCUT2D eigenvalue weighted by atomic mass is 9.53. The van der Waals surface area contributed by atoms with Gasteiger partial charge in [0, 0.05) is 43.2 Å². The molecule has 1 aromatic rings. The van der Waals surface area contributed by atoms with Crippen molar-refractivity contribution in [1.29, 1.82) is 0 Å². The molecule has 0 aromatic heterocycles. The maximum atomic E-state index is 12.9. The van der Waals surface area contributed by atoms with Crippen LogP contribution >= 0.6 is 0 Å². The van der Waals surface area contributed by atoms with E-state index in [4.69, 9.17) is 0 Å². The maximum absolute atomic E-state index is 12.9. The zero-order chi connectivity index (χ0) is 25.2. The number of hydrogen-bond acceptors (Lipinski definition) is 3. The summed E-state index contributed by atoms with van der Waals surface area (Å²) in [5.74, 6) is 1.78. The van der Waals surface area contributed by atoms with E-state index < -0.39 is 0 Å². The summed E-state index contributed by atoms with van der Waals surface area (Å²) in [5.41, 5.74) is 7.49. The summed E-state index contributed by atoms with van der Waals surface area (Å²) in [6, 6.07) is 9.25. The number of fused-ring (bicyclic) bond motifs is 5. The van der Waals surface area contributed by atoms with Crippen molar-refractivity contribution in [2.24, 2.45) is 17.3 Å². The number of allylic oxidation sites excluding steroid dienone is 4. The summed E-state index contributed by atoms with van der Waals surface area (Å²) in [5, 5.41) is 0. The molecule has 2 aliphatic heterocycles. The van der Waals surface area contributed by atoms with E-state index in [1.54, 1.807) is 5.57 Å². The Balaban J connectivity index is 1.24. The molecule has 37 heavy (non-hydrogen) atoms. The van der Waals surface area contributed by atoms with Crippen molar-refractivity contribution in [2.75, 3.05) is 24.5 Å². The Labute approximate surface area is 222 Å². The summed E-state index contributed by atoms with van der Waals surface area (Å²) in [6.07, 6.45) is 17.0. The van der Waals surface area contributed by atoms with Gasteiger partial charge in [0.15, 0.2) is 5.78 Å². The first kappa shape index (κ1) is 23.7. The fraction of sp³-hybridized carbons (Fsp3) is 0.636. The van der Waals surface area contributed by atoms with Crippen molar-refractivity contribution in [3.05, 3.63) is 52.6 Å². The molecule has 2 unspecified atom stereocenters. The number of piperidine rings is 1. The van der Waals surface area contributed by atoms with Gasteiger partial charge >= 0.3 is 0 Å². The molecule has 2 saturated heterocycles. The molecule has 7 rings (SSSR count). The molecule has 0 bridgehead atoms. The van der Waals surface area contributed by atoms with E-state index in [1.807, 2.05) is 6.08 Å². The summed E-state index contributed by atoms with van der Waals surface area (Å²) >= 11 is 0. The fourth-order valence-corrected chi connectivity index (χ4v) is 10.0. The minimum atomic E-state index is 0.0813. The predicted octanol–water partition coefficient (Wildman–Crippen LogP) is 6.57. The Morgan fingerprint density at radius 3 is 2.51 bits per heavy atom. The van der Waals surface area contributed by atoms with Gasteiger partial charge < -0.3 is 9.80 Å². The number of carbonyl (C=O) groups excluding carboxylic acids is 2. The Morgan fingerprint density at radius 2 is 1.73 bits per heavy atom. The smallest absolute Gasteiger partial charge is 0.210 e. The number of carbonyl (C=O) groups is 2. The third kappa shape index (κ3) is 3.46. The van der Waals surface area contributed by atoms with Gasteiger partial charge in [-0.3, -0.25) is 9.59 Å². The van der Waals surface area contributed by atoms with Crippen LogP contribution in [0.15, 0.2) is 47.1 Å². The van der Waals surface area contributed by atoms with Crippen LogP contribution in [0.25, 0.3) is 0 Å². The predicted molar refractivity (Wildman–Crippen MR) is 148 cm³/mol. The number of benzene rings is 1. The second-order valence-electron chi connectivity index (χ2n) is 13.1. The van der Waals surface area contributed by atoms with Gasteiger partial charge in [-0.15, -0.1) is 0 Å². The average Bonchev–Trinajstić information content (AvgIpc) is 3.50. The van der Waals surface area contributed by atoms with Gasteiger partial charge in [-0.25, -0.2) is 0 Å². The number of anilines is 1. The standard InChI is InChI=1S/C33H42N2O2/c1-32-15-12-28-27(30(32)13-16-33(32)14-5-19-35(33)22-36)11-8-24-20-26(37)21-29(31(24)28)23-6-9-25(10-7-23)34-17-3-2-4-18-34/h6-7,9-10,20,22,27,29-30H,2-5,8,11-19,21H2,1H3/t27-,29?,30+,32+,33?/m1/s1. The van der Waals surface area contributed by atoms with E-state index in [0.29, 0.717) is 24.0 Å².